The van der Waals surface area contributed by atoms with Gasteiger partial charge in [-0.3, -0.25) is 4.79 Å². The summed E-state index contributed by atoms with van der Waals surface area (Å²) in [4.78, 5) is 13.6. The van der Waals surface area contributed by atoms with Crippen LogP contribution >= 0.6 is 0 Å². The molecule has 2 aromatic carbocycles. The van der Waals surface area contributed by atoms with Gasteiger partial charge in [0.1, 0.15) is 0 Å². The second-order valence-corrected chi connectivity index (χ2v) is 8.09. The molecule has 1 atom stereocenters. The smallest absolute Gasteiger partial charge is 0.241 e. The van der Waals surface area contributed by atoms with Crippen LogP contribution in [0, 0.1) is 0 Å². The molecule has 1 N–H and O–H groups in total. The Balaban J connectivity index is 1.83. The fraction of sp³-hybridized carbons (Fsp3) is 0.316. The van der Waals surface area contributed by atoms with Crippen molar-refractivity contribution in [1.82, 2.24) is 9.62 Å². The number of sulfonamides is 1. The average Bonchev–Trinajstić information content (AvgIpc) is 2.61. The molecule has 1 unspecified atom stereocenters. The maximum Gasteiger partial charge on any atom is 0.241 e. The van der Waals surface area contributed by atoms with Crippen LogP contribution in [0.4, 0.5) is 0 Å². The topological polar surface area (TPSA) is 66.5 Å². The monoisotopic (exact) mass is 358 g/mol. The molecular weight excluding hydrogens is 336 g/mol. The first-order valence-corrected chi connectivity index (χ1v) is 9.80. The molecule has 1 amide bonds. The second kappa shape index (κ2) is 6.98. The Kier molecular flexibility index (Phi) is 4.92. The molecule has 0 spiro atoms. The van der Waals surface area contributed by atoms with Gasteiger partial charge in [-0.2, -0.15) is 0 Å². The van der Waals surface area contributed by atoms with E-state index in [0.717, 1.165) is 23.1 Å². The molecule has 0 aliphatic carbocycles. The zero-order valence-electron chi connectivity index (χ0n) is 14.4. The minimum absolute atomic E-state index is 0.00901. The number of hydrogen-bond donors (Lipinski definition) is 1. The van der Waals surface area contributed by atoms with E-state index in [1.165, 1.54) is 6.92 Å². The van der Waals surface area contributed by atoms with E-state index in [4.69, 9.17) is 0 Å². The molecule has 132 valence electrons. The third-order valence-corrected chi connectivity index (χ3v) is 6.12. The summed E-state index contributed by atoms with van der Waals surface area (Å²) in [6.07, 6.45) is 0.753. The summed E-state index contributed by atoms with van der Waals surface area (Å²) < 4.78 is 28.2. The minimum atomic E-state index is -3.63. The first-order chi connectivity index (χ1) is 11.9. The summed E-state index contributed by atoms with van der Waals surface area (Å²) in [5, 5.41) is 0. The van der Waals surface area contributed by atoms with Gasteiger partial charge in [-0.05, 0) is 42.2 Å². The Labute approximate surface area is 148 Å². The van der Waals surface area contributed by atoms with Gasteiger partial charge < -0.3 is 4.90 Å². The lowest BCUT2D eigenvalue weighted by molar-refractivity contribution is -0.129. The van der Waals surface area contributed by atoms with Crippen molar-refractivity contribution in [2.45, 2.75) is 37.8 Å². The molecule has 0 aromatic heterocycles. The van der Waals surface area contributed by atoms with Gasteiger partial charge in [0.2, 0.25) is 15.9 Å². The quantitative estimate of drug-likeness (QED) is 0.914. The van der Waals surface area contributed by atoms with Crippen LogP contribution in [-0.4, -0.2) is 25.8 Å². The molecule has 0 saturated carbocycles. The van der Waals surface area contributed by atoms with Crippen LogP contribution < -0.4 is 4.72 Å². The lowest BCUT2D eigenvalue weighted by atomic mass is 10.00. The highest BCUT2D eigenvalue weighted by atomic mass is 32.2. The molecule has 0 fully saturated rings. The zero-order valence-corrected chi connectivity index (χ0v) is 15.2. The van der Waals surface area contributed by atoms with Gasteiger partial charge in [-0.25, -0.2) is 13.1 Å². The van der Waals surface area contributed by atoms with Crippen molar-refractivity contribution >= 4 is 15.9 Å². The Bertz CT molecular complexity index is 879. The number of rotatable bonds is 4. The maximum atomic E-state index is 12.7. The molecular formula is C19H22N2O3S. The molecule has 3 rings (SSSR count). The van der Waals surface area contributed by atoms with Crippen LogP contribution in [-0.2, 0) is 27.8 Å². The van der Waals surface area contributed by atoms with Gasteiger partial charge in [-0.15, -0.1) is 0 Å². The van der Waals surface area contributed by atoms with Crippen molar-refractivity contribution in [2.75, 3.05) is 6.54 Å². The van der Waals surface area contributed by atoms with E-state index in [1.54, 1.807) is 17.0 Å². The second-order valence-electron chi connectivity index (χ2n) is 6.37. The standard InChI is InChI=1S/C19H22N2O3S/c1-14(16-6-4-3-5-7-16)20-25(23,24)19-9-8-17-10-11-21(15(2)22)13-18(17)12-19/h3-9,12,14,20H,10-11,13H2,1-2H3. The summed E-state index contributed by atoms with van der Waals surface area (Å²) in [7, 11) is -3.63. The highest BCUT2D eigenvalue weighted by Crippen LogP contribution is 2.24. The van der Waals surface area contributed by atoms with Gasteiger partial charge in [0.15, 0.2) is 0 Å². The van der Waals surface area contributed by atoms with Crippen molar-refractivity contribution < 1.29 is 13.2 Å². The van der Waals surface area contributed by atoms with Crippen LogP contribution in [0.15, 0.2) is 53.4 Å². The molecule has 5 nitrogen and oxygen atoms in total. The molecule has 2 aromatic rings. The summed E-state index contributed by atoms with van der Waals surface area (Å²) >= 11 is 0. The van der Waals surface area contributed by atoms with Crippen molar-refractivity contribution in [3.8, 4) is 0 Å². The Hall–Kier alpha value is -2.18. The lowest BCUT2D eigenvalue weighted by Crippen LogP contribution is -2.34. The SMILES string of the molecule is CC(=O)N1CCc2ccc(S(=O)(=O)NC(C)c3ccccc3)cc2C1. The Morgan fingerprint density at radius 1 is 1.12 bits per heavy atom. The van der Waals surface area contributed by atoms with E-state index < -0.39 is 10.0 Å². The van der Waals surface area contributed by atoms with Crippen molar-refractivity contribution in [2.24, 2.45) is 0 Å². The highest BCUT2D eigenvalue weighted by Gasteiger charge is 2.23. The van der Waals surface area contributed by atoms with Crippen molar-refractivity contribution in [3.05, 3.63) is 65.2 Å². The van der Waals surface area contributed by atoms with Crippen molar-refractivity contribution in [3.63, 3.8) is 0 Å². The minimum Gasteiger partial charge on any atom is -0.338 e. The van der Waals surface area contributed by atoms with E-state index >= 15 is 0 Å². The maximum absolute atomic E-state index is 12.7. The number of hydrogen-bond acceptors (Lipinski definition) is 3. The zero-order chi connectivity index (χ0) is 18.0. The molecule has 1 aliphatic rings. The largest absolute Gasteiger partial charge is 0.338 e. The van der Waals surface area contributed by atoms with Crippen molar-refractivity contribution in [1.29, 1.82) is 0 Å². The summed E-state index contributed by atoms with van der Waals surface area (Å²) in [6.45, 7) is 4.50. The first-order valence-electron chi connectivity index (χ1n) is 8.31. The van der Waals surface area contributed by atoms with Gasteiger partial charge in [0.05, 0.1) is 4.90 Å². The van der Waals surface area contributed by atoms with E-state index in [1.807, 2.05) is 43.3 Å². The summed E-state index contributed by atoms with van der Waals surface area (Å²) in [6, 6.07) is 14.3. The van der Waals surface area contributed by atoms with Crippen LogP contribution in [0.1, 0.15) is 36.6 Å². The molecule has 6 heteroatoms. The average molecular weight is 358 g/mol. The van der Waals surface area contributed by atoms with Crippen LogP contribution in [0.25, 0.3) is 0 Å². The molecule has 25 heavy (non-hydrogen) atoms. The van der Waals surface area contributed by atoms with Crippen LogP contribution in [0.3, 0.4) is 0 Å². The molecule has 0 saturated heterocycles. The number of nitrogens with one attached hydrogen (secondary N) is 1. The predicted molar refractivity (Wildman–Crippen MR) is 96.4 cm³/mol. The number of amides is 1. The van der Waals surface area contributed by atoms with Gasteiger partial charge in [0, 0.05) is 26.1 Å². The van der Waals surface area contributed by atoms with Crippen LogP contribution in [0.5, 0.6) is 0 Å². The molecule has 0 radical (unpaired) electrons. The third kappa shape index (κ3) is 3.91. The number of carbonyl (C=O) groups is 1. The van der Waals surface area contributed by atoms with Gasteiger partial charge >= 0.3 is 0 Å². The number of benzene rings is 2. The first kappa shape index (κ1) is 17.6. The van der Waals surface area contributed by atoms with E-state index in [-0.39, 0.29) is 16.8 Å². The summed E-state index contributed by atoms with van der Waals surface area (Å²) in [5.41, 5.74) is 2.91. The third-order valence-electron chi connectivity index (χ3n) is 4.58. The number of nitrogens with zero attached hydrogens (tertiary/aromatic N) is 1. The summed E-state index contributed by atoms with van der Waals surface area (Å²) in [5.74, 6) is 0.00901. The van der Waals surface area contributed by atoms with E-state index in [0.29, 0.717) is 13.1 Å². The Morgan fingerprint density at radius 3 is 2.52 bits per heavy atom. The van der Waals surface area contributed by atoms with Crippen LogP contribution in [0.2, 0.25) is 0 Å². The fourth-order valence-corrected chi connectivity index (χ4v) is 4.36. The molecule has 1 aliphatic heterocycles. The fourth-order valence-electron chi connectivity index (χ4n) is 3.08. The van der Waals surface area contributed by atoms with E-state index in [9.17, 15) is 13.2 Å². The predicted octanol–water partition coefficient (Wildman–Crippen LogP) is 2.63. The molecule has 0 bridgehead atoms. The highest BCUT2D eigenvalue weighted by molar-refractivity contribution is 7.89. The number of carbonyl (C=O) groups excluding carboxylic acids is 1. The van der Waals surface area contributed by atoms with Gasteiger partial charge in [-0.1, -0.05) is 36.4 Å². The van der Waals surface area contributed by atoms with E-state index in [2.05, 4.69) is 4.72 Å². The Morgan fingerprint density at radius 2 is 1.84 bits per heavy atom. The lowest BCUT2D eigenvalue weighted by Gasteiger charge is -2.28. The normalized spacial score (nSPS) is 15.5. The molecule has 1 heterocycles. The van der Waals surface area contributed by atoms with Gasteiger partial charge in [0.25, 0.3) is 0 Å². The number of fused-ring (bicyclic) bond motifs is 1.